The van der Waals surface area contributed by atoms with Gasteiger partial charge in [-0.15, -0.1) is 11.8 Å². The summed E-state index contributed by atoms with van der Waals surface area (Å²) in [5.74, 6) is 7.10. The number of hydrogen-bond acceptors (Lipinski definition) is 4. The summed E-state index contributed by atoms with van der Waals surface area (Å²) in [6.45, 7) is 1.69. The zero-order chi connectivity index (χ0) is 12.8. The Bertz CT molecular complexity index is 372. The van der Waals surface area contributed by atoms with Crippen LogP contribution in [0.5, 0.6) is 0 Å². The number of nitrogens with one attached hydrogen (secondary N) is 1. The molecule has 18 heavy (non-hydrogen) atoms. The Balaban J connectivity index is 1.86. The Hall–Kier alpha value is -0.260. The molecule has 1 aliphatic heterocycles. The molecule has 1 aromatic rings. The number of nitrogens with two attached hydrogens (primary N) is 1. The van der Waals surface area contributed by atoms with E-state index in [4.69, 9.17) is 22.2 Å². The number of hydrazine groups is 1. The first kappa shape index (κ1) is 14.2. The van der Waals surface area contributed by atoms with Crippen LogP contribution in [0, 0.1) is 5.92 Å². The largest absolute Gasteiger partial charge is 0.381 e. The predicted molar refractivity (Wildman–Crippen MR) is 76.8 cm³/mol. The number of thioether (sulfide) groups is 1. The van der Waals surface area contributed by atoms with E-state index in [9.17, 15) is 0 Å². The van der Waals surface area contributed by atoms with E-state index in [-0.39, 0.29) is 6.04 Å². The van der Waals surface area contributed by atoms with Crippen molar-refractivity contribution in [2.75, 3.05) is 19.0 Å². The first-order chi connectivity index (χ1) is 8.79. The van der Waals surface area contributed by atoms with Crippen molar-refractivity contribution < 1.29 is 4.74 Å². The molecule has 0 saturated carbocycles. The molecule has 0 amide bonds. The number of hydrogen-bond donors (Lipinski definition) is 2. The van der Waals surface area contributed by atoms with Crippen molar-refractivity contribution in [2.45, 2.75) is 23.8 Å². The van der Waals surface area contributed by atoms with Crippen molar-refractivity contribution in [3.05, 3.63) is 29.3 Å². The van der Waals surface area contributed by atoms with Gasteiger partial charge in [0.05, 0.1) is 6.61 Å². The summed E-state index contributed by atoms with van der Waals surface area (Å²) >= 11 is 7.75. The van der Waals surface area contributed by atoms with Gasteiger partial charge >= 0.3 is 0 Å². The second kappa shape index (κ2) is 7.36. The maximum Gasteiger partial charge on any atom is 0.0509 e. The van der Waals surface area contributed by atoms with E-state index in [1.54, 1.807) is 11.8 Å². The smallest absolute Gasteiger partial charge is 0.0509 e. The predicted octanol–water partition coefficient (Wildman–Crippen LogP) is 2.69. The van der Waals surface area contributed by atoms with E-state index < -0.39 is 0 Å². The third kappa shape index (κ3) is 4.14. The lowest BCUT2D eigenvalue weighted by Crippen LogP contribution is -2.45. The highest BCUT2D eigenvalue weighted by atomic mass is 35.5. The zero-order valence-electron chi connectivity index (χ0n) is 10.3. The summed E-state index contributed by atoms with van der Waals surface area (Å²) in [5.41, 5.74) is 2.92. The number of ether oxygens (including phenoxy) is 1. The van der Waals surface area contributed by atoms with Crippen LogP contribution in [0.2, 0.25) is 5.02 Å². The molecule has 100 valence electrons. The summed E-state index contributed by atoms with van der Waals surface area (Å²) in [7, 11) is 0. The first-order valence-corrected chi connectivity index (χ1v) is 7.58. The maximum absolute atomic E-state index is 5.97. The van der Waals surface area contributed by atoms with E-state index in [1.165, 1.54) is 11.3 Å². The molecule has 1 aliphatic rings. The summed E-state index contributed by atoms with van der Waals surface area (Å²) in [6.07, 6.45) is 2.32. The Morgan fingerprint density at radius 3 is 3.11 bits per heavy atom. The number of rotatable bonds is 5. The molecule has 2 unspecified atom stereocenters. The topological polar surface area (TPSA) is 47.3 Å². The third-order valence-corrected chi connectivity index (χ3v) is 4.55. The monoisotopic (exact) mass is 286 g/mol. The first-order valence-electron chi connectivity index (χ1n) is 6.22. The molecule has 3 nitrogen and oxygen atoms in total. The van der Waals surface area contributed by atoms with Gasteiger partial charge in [-0.05, 0) is 37.0 Å². The Morgan fingerprint density at radius 1 is 1.56 bits per heavy atom. The average molecular weight is 287 g/mol. The lowest BCUT2D eigenvalue weighted by Gasteiger charge is -2.29. The molecule has 2 rings (SSSR count). The standard InChI is InChI=1S/C13H19ClN2OS/c14-11-4-1-5-12(7-11)18-9-13(16-15)10-3-2-6-17-8-10/h1,4-5,7,10,13,16H,2-3,6,8-9,15H2. The molecule has 0 bridgehead atoms. The van der Waals surface area contributed by atoms with E-state index in [2.05, 4.69) is 11.5 Å². The maximum atomic E-state index is 5.97. The fourth-order valence-electron chi connectivity index (χ4n) is 2.15. The summed E-state index contributed by atoms with van der Waals surface area (Å²) in [4.78, 5) is 1.18. The minimum absolute atomic E-state index is 0.286. The van der Waals surface area contributed by atoms with Crippen LogP contribution in [0.15, 0.2) is 29.2 Å². The molecular weight excluding hydrogens is 268 g/mol. The van der Waals surface area contributed by atoms with Gasteiger partial charge in [0, 0.05) is 28.3 Å². The van der Waals surface area contributed by atoms with Crippen molar-refractivity contribution in [3.8, 4) is 0 Å². The normalized spacial score (nSPS) is 21.8. The van der Waals surface area contributed by atoms with Crippen LogP contribution < -0.4 is 11.3 Å². The fraction of sp³-hybridized carbons (Fsp3) is 0.538. The van der Waals surface area contributed by atoms with Gasteiger partial charge in [0.25, 0.3) is 0 Å². The molecule has 5 heteroatoms. The van der Waals surface area contributed by atoms with E-state index >= 15 is 0 Å². The third-order valence-electron chi connectivity index (χ3n) is 3.20. The van der Waals surface area contributed by atoms with Crippen molar-refractivity contribution in [1.82, 2.24) is 5.43 Å². The van der Waals surface area contributed by atoms with Crippen molar-refractivity contribution in [2.24, 2.45) is 11.8 Å². The second-order valence-electron chi connectivity index (χ2n) is 4.52. The van der Waals surface area contributed by atoms with Gasteiger partial charge in [0.1, 0.15) is 0 Å². The zero-order valence-corrected chi connectivity index (χ0v) is 11.8. The van der Waals surface area contributed by atoms with Crippen LogP contribution in [-0.4, -0.2) is 25.0 Å². The molecule has 1 saturated heterocycles. The van der Waals surface area contributed by atoms with E-state index in [0.717, 1.165) is 30.4 Å². The molecule has 1 aromatic carbocycles. The Kier molecular flexibility index (Phi) is 5.79. The van der Waals surface area contributed by atoms with Gasteiger partial charge in [-0.1, -0.05) is 17.7 Å². The molecule has 2 atom stereocenters. The summed E-state index contributed by atoms with van der Waals surface area (Å²) in [6, 6.07) is 8.20. The minimum atomic E-state index is 0.286. The minimum Gasteiger partial charge on any atom is -0.381 e. The van der Waals surface area contributed by atoms with Crippen molar-refractivity contribution in [3.63, 3.8) is 0 Å². The molecule has 0 spiro atoms. The van der Waals surface area contributed by atoms with E-state index in [1.807, 2.05) is 18.2 Å². The second-order valence-corrected chi connectivity index (χ2v) is 6.05. The quantitative estimate of drug-likeness (QED) is 0.496. The Morgan fingerprint density at radius 2 is 2.44 bits per heavy atom. The number of halogens is 1. The van der Waals surface area contributed by atoms with Crippen LogP contribution in [0.4, 0.5) is 0 Å². The molecule has 0 aliphatic carbocycles. The summed E-state index contributed by atoms with van der Waals surface area (Å²) < 4.78 is 5.51. The van der Waals surface area contributed by atoms with Crippen LogP contribution in [0.3, 0.4) is 0 Å². The lowest BCUT2D eigenvalue weighted by molar-refractivity contribution is 0.0427. The van der Waals surface area contributed by atoms with Gasteiger partial charge in [0.2, 0.25) is 0 Å². The summed E-state index contributed by atoms with van der Waals surface area (Å²) in [5, 5.41) is 0.776. The van der Waals surface area contributed by atoms with Gasteiger partial charge in [-0.2, -0.15) is 0 Å². The highest BCUT2D eigenvalue weighted by molar-refractivity contribution is 7.99. The highest BCUT2D eigenvalue weighted by Crippen LogP contribution is 2.25. The molecular formula is C13H19ClN2OS. The van der Waals surface area contributed by atoms with E-state index in [0.29, 0.717) is 5.92 Å². The molecule has 1 heterocycles. The SMILES string of the molecule is NNC(CSc1cccc(Cl)c1)C1CCCOC1. The lowest BCUT2D eigenvalue weighted by atomic mass is 9.95. The molecule has 3 N–H and O–H groups in total. The van der Waals surface area contributed by atoms with Gasteiger partial charge in [-0.3, -0.25) is 11.3 Å². The van der Waals surface area contributed by atoms with Gasteiger partial charge in [-0.25, -0.2) is 0 Å². The van der Waals surface area contributed by atoms with Crippen LogP contribution in [0.1, 0.15) is 12.8 Å². The van der Waals surface area contributed by atoms with Crippen molar-refractivity contribution in [1.29, 1.82) is 0 Å². The van der Waals surface area contributed by atoms with Crippen LogP contribution >= 0.6 is 23.4 Å². The molecule has 0 aromatic heterocycles. The van der Waals surface area contributed by atoms with Crippen LogP contribution in [0.25, 0.3) is 0 Å². The average Bonchev–Trinajstić information content (AvgIpc) is 2.41. The highest BCUT2D eigenvalue weighted by Gasteiger charge is 2.23. The molecule has 1 fully saturated rings. The van der Waals surface area contributed by atoms with Crippen molar-refractivity contribution >= 4 is 23.4 Å². The number of benzene rings is 1. The van der Waals surface area contributed by atoms with Crippen LogP contribution in [-0.2, 0) is 4.74 Å². The van der Waals surface area contributed by atoms with Gasteiger partial charge < -0.3 is 4.74 Å². The fourth-order valence-corrected chi connectivity index (χ4v) is 3.53. The Labute approximate surface area is 117 Å². The van der Waals surface area contributed by atoms with Gasteiger partial charge in [0.15, 0.2) is 0 Å². The molecule has 0 radical (unpaired) electrons.